The molecule has 0 saturated carbocycles. The molecule has 8 heteroatoms. The first-order valence-corrected chi connectivity index (χ1v) is 9.94. The Kier molecular flexibility index (Phi) is 6.80. The maximum atomic E-state index is 13.0. The number of rotatable bonds is 7. The van der Waals surface area contributed by atoms with Crippen LogP contribution < -0.4 is 10.6 Å². The fraction of sp³-hybridized carbons (Fsp3) is 0.143. The van der Waals surface area contributed by atoms with Gasteiger partial charge in [-0.05, 0) is 31.2 Å². The van der Waals surface area contributed by atoms with E-state index >= 15 is 0 Å². The number of para-hydroxylation sites is 2. The summed E-state index contributed by atoms with van der Waals surface area (Å²) in [7, 11) is 0. The van der Waals surface area contributed by atoms with Gasteiger partial charge in [0, 0.05) is 17.6 Å². The van der Waals surface area contributed by atoms with Crippen molar-refractivity contribution < 1.29 is 14.3 Å². The fourth-order valence-electron chi connectivity index (χ4n) is 2.60. The lowest BCUT2D eigenvalue weighted by Gasteiger charge is -2.22. The van der Waals surface area contributed by atoms with Crippen molar-refractivity contribution in [3.63, 3.8) is 0 Å². The van der Waals surface area contributed by atoms with Crippen molar-refractivity contribution in [3.05, 3.63) is 72.4 Å². The van der Waals surface area contributed by atoms with Crippen LogP contribution in [0.2, 0.25) is 0 Å². The number of benzene rings is 2. The van der Waals surface area contributed by atoms with Gasteiger partial charge >= 0.3 is 5.97 Å². The Morgan fingerprint density at radius 2 is 1.62 bits per heavy atom. The van der Waals surface area contributed by atoms with Crippen molar-refractivity contribution in [2.24, 2.45) is 0 Å². The number of hydrogen-bond acceptors (Lipinski definition) is 7. The Balaban J connectivity index is 1.76. The molecule has 0 aliphatic rings. The third-order valence-electron chi connectivity index (χ3n) is 3.89. The van der Waals surface area contributed by atoms with Gasteiger partial charge in [0.25, 0.3) is 0 Å². The fourth-order valence-corrected chi connectivity index (χ4v) is 3.27. The highest BCUT2D eigenvalue weighted by atomic mass is 32.2. The Hall–Kier alpha value is -3.39. The van der Waals surface area contributed by atoms with E-state index in [0.29, 0.717) is 5.16 Å². The minimum Gasteiger partial charge on any atom is -0.462 e. The Bertz CT molecular complexity index is 944. The van der Waals surface area contributed by atoms with Gasteiger partial charge in [0.15, 0.2) is 5.16 Å². The number of nitrogens with zero attached hydrogens (tertiary/aromatic N) is 3. The summed E-state index contributed by atoms with van der Waals surface area (Å²) >= 11 is 1.15. The number of nitrogen functional groups attached to an aromatic ring is 1. The van der Waals surface area contributed by atoms with Gasteiger partial charge < -0.3 is 10.5 Å². The lowest BCUT2D eigenvalue weighted by molar-refractivity contribution is -0.115. The summed E-state index contributed by atoms with van der Waals surface area (Å²) in [6.07, 6.45) is 1.32. The van der Waals surface area contributed by atoms with Gasteiger partial charge in [0.2, 0.25) is 5.91 Å². The first-order chi connectivity index (χ1) is 14.1. The zero-order valence-corrected chi connectivity index (χ0v) is 16.6. The number of esters is 1. The number of carbonyl (C=O) groups is 2. The SMILES string of the molecule is CCOC(=O)c1cnc(SCC(=O)N(c2ccccc2)c2ccccc2)nc1N. The van der Waals surface area contributed by atoms with Crippen molar-refractivity contribution in [1.82, 2.24) is 9.97 Å². The van der Waals surface area contributed by atoms with Gasteiger partial charge in [0.1, 0.15) is 11.4 Å². The standard InChI is InChI=1S/C21H20N4O3S/c1-2-28-20(27)17-13-23-21(24-19(17)22)29-14-18(26)25(15-9-5-3-6-10-15)16-11-7-4-8-12-16/h3-13H,2,14H2,1H3,(H2,22,23,24). The average molecular weight is 408 g/mol. The largest absolute Gasteiger partial charge is 0.462 e. The molecular formula is C21H20N4O3S. The molecule has 0 bridgehead atoms. The molecule has 0 atom stereocenters. The van der Waals surface area contributed by atoms with Crippen molar-refractivity contribution in [2.45, 2.75) is 12.1 Å². The van der Waals surface area contributed by atoms with Crippen LogP contribution in [0.25, 0.3) is 0 Å². The third-order valence-corrected chi connectivity index (χ3v) is 4.74. The van der Waals surface area contributed by atoms with E-state index in [9.17, 15) is 9.59 Å². The topological polar surface area (TPSA) is 98.4 Å². The lowest BCUT2D eigenvalue weighted by Crippen LogP contribution is -2.27. The number of amides is 1. The van der Waals surface area contributed by atoms with E-state index in [0.717, 1.165) is 23.1 Å². The minimum absolute atomic E-state index is 0.0244. The molecule has 1 aromatic heterocycles. The van der Waals surface area contributed by atoms with Crippen molar-refractivity contribution in [1.29, 1.82) is 0 Å². The molecule has 1 amide bonds. The second kappa shape index (κ2) is 9.70. The average Bonchev–Trinajstić information content (AvgIpc) is 2.74. The number of anilines is 3. The minimum atomic E-state index is -0.572. The van der Waals surface area contributed by atoms with E-state index < -0.39 is 5.97 Å². The number of aromatic nitrogens is 2. The molecule has 29 heavy (non-hydrogen) atoms. The molecule has 0 radical (unpaired) electrons. The van der Waals surface area contributed by atoms with E-state index in [-0.39, 0.29) is 29.6 Å². The molecule has 148 valence electrons. The molecule has 0 saturated heterocycles. The molecule has 1 heterocycles. The van der Waals surface area contributed by atoms with Crippen molar-refractivity contribution in [2.75, 3.05) is 23.0 Å². The van der Waals surface area contributed by atoms with Crippen molar-refractivity contribution in [3.8, 4) is 0 Å². The van der Waals surface area contributed by atoms with Crippen LogP contribution >= 0.6 is 11.8 Å². The van der Waals surface area contributed by atoms with Gasteiger partial charge in [-0.1, -0.05) is 48.2 Å². The highest BCUT2D eigenvalue weighted by Crippen LogP contribution is 2.27. The molecule has 0 aliphatic carbocycles. The molecule has 0 spiro atoms. The van der Waals surface area contributed by atoms with Crippen LogP contribution in [-0.2, 0) is 9.53 Å². The zero-order valence-electron chi connectivity index (χ0n) is 15.8. The van der Waals surface area contributed by atoms with E-state index in [4.69, 9.17) is 10.5 Å². The smallest absolute Gasteiger partial charge is 0.343 e. The second-order valence-corrected chi connectivity index (χ2v) is 6.80. The van der Waals surface area contributed by atoms with Crippen LogP contribution in [0.15, 0.2) is 72.0 Å². The van der Waals surface area contributed by atoms with Crippen molar-refractivity contribution >= 4 is 40.8 Å². The normalized spacial score (nSPS) is 10.4. The van der Waals surface area contributed by atoms with E-state index in [1.54, 1.807) is 11.8 Å². The van der Waals surface area contributed by atoms with Gasteiger partial charge in [-0.15, -0.1) is 0 Å². The molecule has 3 aromatic rings. The summed E-state index contributed by atoms with van der Waals surface area (Å²) < 4.78 is 4.91. The zero-order chi connectivity index (χ0) is 20.6. The van der Waals surface area contributed by atoms with E-state index in [1.165, 1.54) is 6.20 Å². The first kappa shape index (κ1) is 20.3. The molecule has 0 unspecified atom stereocenters. The molecule has 0 fully saturated rings. The quantitative estimate of drug-likeness (QED) is 0.362. The monoisotopic (exact) mass is 408 g/mol. The molecule has 3 rings (SSSR count). The highest BCUT2D eigenvalue weighted by molar-refractivity contribution is 7.99. The van der Waals surface area contributed by atoms with Gasteiger partial charge in [0.05, 0.1) is 12.4 Å². The lowest BCUT2D eigenvalue weighted by atomic mass is 10.2. The van der Waals surface area contributed by atoms with Crippen LogP contribution in [0.3, 0.4) is 0 Å². The van der Waals surface area contributed by atoms with Crippen LogP contribution in [0.4, 0.5) is 17.2 Å². The first-order valence-electron chi connectivity index (χ1n) is 8.95. The molecule has 2 aromatic carbocycles. The number of carbonyl (C=O) groups excluding carboxylic acids is 2. The van der Waals surface area contributed by atoms with Crippen LogP contribution in [0.1, 0.15) is 17.3 Å². The van der Waals surface area contributed by atoms with E-state index in [1.807, 2.05) is 60.7 Å². The summed E-state index contributed by atoms with van der Waals surface area (Å²) in [5.41, 5.74) is 7.48. The Morgan fingerprint density at radius 3 is 2.14 bits per heavy atom. The predicted molar refractivity (Wildman–Crippen MR) is 113 cm³/mol. The van der Waals surface area contributed by atoms with Gasteiger partial charge in [-0.2, -0.15) is 0 Å². The number of hydrogen-bond donors (Lipinski definition) is 1. The summed E-state index contributed by atoms with van der Waals surface area (Å²) in [6, 6.07) is 18.8. The van der Waals surface area contributed by atoms with Crippen LogP contribution in [0, 0.1) is 0 Å². The molecule has 0 aliphatic heterocycles. The van der Waals surface area contributed by atoms with Gasteiger partial charge in [-0.25, -0.2) is 14.8 Å². The van der Waals surface area contributed by atoms with Gasteiger partial charge in [-0.3, -0.25) is 9.69 Å². The molecule has 2 N–H and O–H groups in total. The summed E-state index contributed by atoms with van der Waals surface area (Å²) in [5.74, 6) is -0.584. The summed E-state index contributed by atoms with van der Waals surface area (Å²) in [5, 5.41) is 0.310. The highest BCUT2D eigenvalue weighted by Gasteiger charge is 2.19. The third kappa shape index (κ3) is 5.11. The van der Waals surface area contributed by atoms with Crippen LogP contribution in [-0.4, -0.2) is 34.2 Å². The van der Waals surface area contributed by atoms with Crippen LogP contribution in [0.5, 0.6) is 0 Å². The molecule has 7 nitrogen and oxygen atoms in total. The number of nitrogens with two attached hydrogens (primary N) is 1. The summed E-state index contributed by atoms with van der Waals surface area (Å²) in [4.78, 5) is 34.7. The number of thioether (sulfide) groups is 1. The molecular weight excluding hydrogens is 388 g/mol. The number of ether oxygens (including phenoxy) is 1. The Morgan fingerprint density at radius 1 is 1.03 bits per heavy atom. The van der Waals surface area contributed by atoms with E-state index in [2.05, 4.69) is 9.97 Å². The maximum absolute atomic E-state index is 13.0. The predicted octanol–water partition coefficient (Wildman–Crippen LogP) is 3.69. The summed E-state index contributed by atoms with van der Waals surface area (Å²) in [6.45, 7) is 1.94. The second-order valence-electron chi connectivity index (χ2n) is 5.86. The Labute approximate surface area is 172 Å². The maximum Gasteiger partial charge on any atom is 0.343 e.